The molecule has 1 nitrogen and oxygen atoms in total. The molecule has 1 heterocycles. The number of hydrogen-bond acceptors (Lipinski definition) is 1. The summed E-state index contributed by atoms with van der Waals surface area (Å²) in [6.45, 7) is 0. The average Bonchev–Trinajstić information content (AvgIpc) is 2.04. The van der Waals surface area contributed by atoms with Gasteiger partial charge in [0.05, 0.1) is 0 Å². The highest BCUT2D eigenvalue weighted by Gasteiger charge is 1.96. The number of rotatable bonds is 2. The summed E-state index contributed by atoms with van der Waals surface area (Å²) >= 11 is 6.79. The molecule has 0 aromatic carbocycles. The van der Waals surface area contributed by atoms with Crippen LogP contribution in [0.4, 0.5) is 0 Å². The number of nitrogens with zero attached hydrogens (tertiary/aromatic N) is 1. The van der Waals surface area contributed by atoms with Crippen LogP contribution in [0.5, 0.6) is 0 Å². The van der Waals surface area contributed by atoms with Crippen molar-refractivity contribution in [2.75, 3.05) is 0 Å². The average molecular weight is 265 g/mol. The van der Waals surface area contributed by atoms with Crippen LogP contribution >= 0.6 is 31.9 Å². The van der Waals surface area contributed by atoms with Crippen molar-refractivity contribution in [2.24, 2.45) is 0 Å². The minimum Gasteiger partial charge on any atom is -0.264 e. The molecule has 0 radical (unpaired) electrons. The third-order valence-electron chi connectivity index (χ3n) is 1.29. The molecule has 0 saturated carbocycles. The van der Waals surface area contributed by atoms with E-state index in [2.05, 4.69) is 36.8 Å². The first-order valence-electron chi connectivity index (χ1n) is 2.92. The summed E-state index contributed by atoms with van der Waals surface area (Å²) in [7, 11) is 0. The van der Waals surface area contributed by atoms with Gasteiger partial charge in [-0.05, 0) is 17.2 Å². The highest BCUT2D eigenvalue weighted by molar-refractivity contribution is 9.09. The summed E-state index contributed by atoms with van der Waals surface area (Å²) in [6, 6.07) is 2.02. The SMILES string of the molecule is BrCc1ccncc1CBr. The van der Waals surface area contributed by atoms with Gasteiger partial charge in [-0.25, -0.2) is 0 Å². The van der Waals surface area contributed by atoms with Gasteiger partial charge in [-0.1, -0.05) is 31.9 Å². The predicted molar refractivity (Wildman–Crippen MR) is 49.5 cm³/mol. The Hall–Kier alpha value is 0.110. The molecule has 0 aliphatic rings. The normalized spacial score (nSPS) is 9.80. The summed E-state index contributed by atoms with van der Waals surface area (Å²) in [4.78, 5) is 4.01. The first-order valence-corrected chi connectivity index (χ1v) is 5.16. The van der Waals surface area contributed by atoms with Crippen LogP contribution in [0, 0.1) is 0 Å². The lowest BCUT2D eigenvalue weighted by Gasteiger charge is -1.99. The van der Waals surface area contributed by atoms with Crippen LogP contribution in [-0.2, 0) is 10.7 Å². The van der Waals surface area contributed by atoms with Crippen LogP contribution in [-0.4, -0.2) is 4.98 Å². The molecule has 1 rings (SSSR count). The second kappa shape index (κ2) is 4.09. The van der Waals surface area contributed by atoms with Gasteiger partial charge in [0.2, 0.25) is 0 Å². The van der Waals surface area contributed by atoms with Crippen molar-refractivity contribution in [1.29, 1.82) is 0 Å². The van der Waals surface area contributed by atoms with E-state index in [-0.39, 0.29) is 0 Å². The minimum absolute atomic E-state index is 0.877. The first-order chi connectivity index (χ1) is 4.88. The third kappa shape index (κ3) is 1.80. The molecule has 10 heavy (non-hydrogen) atoms. The van der Waals surface area contributed by atoms with Crippen molar-refractivity contribution in [3.63, 3.8) is 0 Å². The third-order valence-corrected chi connectivity index (χ3v) is 2.50. The molecule has 0 N–H and O–H groups in total. The first kappa shape index (κ1) is 8.21. The topological polar surface area (TPSA) is 12.9 Å². The quantitative estimate of drug-likeness (QED) is 0.749. The maximum absolute atomic E-state index is 4.01. The van der Waals surface area contributed by atoms with Gasteiger partial charge in [0.1, 0.15) is 0 Å². The summed E-state index contributed by atoms with van der Waals surface area (Å²) in [5, 5.41) is 1.78. The van der Waals surface area contributed by atoms with Crippen molar-refractivity contribution in [2.45, 2.75) is 10.7 Å². The fourth-order valence-electron chi connectivity index (χ4n) is 0.707. The van der Waals surface area contributed by atoms with E-state index in [0.29, 0.717) is 0 Å². The summed E-state index contributed by atoms with van der Waals surface area (Å²) in [5.74, 6) is 0. The smallest absolute Gasteiger partial charge is 0.0311 e. The molecule has 0 bridgehead atoms. The van der Waals surface area contributed by atoms with Gasteiger partial charge in [-0.2, -0.15) is 0 Å². The molecule has 0 spiro atoms. The van der Waals surface area contributed by atoms with Crippen molar-refractivity contribution in [3.8, 4) is 0 Å². The highest BCUT2D eigenvalue weighted by Crippen LogP contribution is 2.13. The lowest BCUT2D eigenvalue weighted by Crippen LogP contribution is -1.87. The Labute approximate surface area is 77.1 Å². The molecule has 0 amide bonds. The molecular formula is C7H7Br2N. The summed E-state index contributed by atoms with van der Waals surface area (Å²) in [5.41, 5.74) is 2.55. The van der Waals surface area contributed by atoms with Gasteiger partial charge in [0, 0.05) is 23.1 Å². The van der Waals surface area contributed by atoms with Crippen molar-refractivity contribution in [3.05, 3.63) is 29.6 Å². The summed E-state index contributed by atoms with van der Waals surface area (Å²) < 4.78 is 0. The van der Waals surface area contributed by atoms with Gasteiger partial charge in [0.15, 0.2) is 0 Å². The van der Waals surface area contributed by atoms with E-state index in [1.165, 1.54) is 11.1 Å². The van der Waals surface area contributed by atoms with Crippen molar-refractivity contribution < 1.29 is 0 Å². The fraction of sp³-hybridized carbons (Fsp3) is 0.286. The molecule has 54 valence electrons. The molecule has 0 unspecified atom stereocenters. The Balaban J connectivity index is 2.96. The minimum atomic E-state index is 0.877. The fourth-order valence-corrected chi connectivity index (χ4v) is 1.76. The Kier molecular flexibility index (Phi) is 3.35. The van der Waals surface area contributed by atoms with E-state index in [0.717, 1.165) is 10.7 Å². The largest absolute Gasteiger partial charge is 0.264 e. The molecule has 0 aliphatic carbocycles. The van der Waals surface area contributed by atoms with Crippen LogP contribution < -0.4 is 0 Å². The van der Waals surface area contributed by atoms with Gasteiger partial charge in [-0.3, -0.25) is 4.98 Å². The Morgan fingerprint density at radius 1 is 1.20 bits per heavy atom. The van der Waals surface area contributed by atoms with Gasteiger partial charge < -0.3 is 0 Å². The van der Waals surface area contributed by atoms with E-state index >= 15 is 0 Å². The van der Waals surface area contributed by atoms with Crippen molar-refractivity contribution in [1.82, 2.24) is 4.98 Å². The van der Waals surface area contributed by atoms with Gasteiger partial charge in [0.25, 0.3) is 0 Å². The maximum atomic E-state index is 4.01. The van der Waals surface area contributed by atoms with Crippen LogP contribution in [0.2, 0.25) is 0 Å². The van der Waals surface area contributed by atoms with Crippen LogP contribution in [0.1, 0.15) is 11.1 Å². The monoisotopic (exact) mass is 263 g/mol. The highest BCUT2D eigenvalue weighted by atomic mass is 79.9. The lowest BCUT2D eigenvalue weighted by molar-refractivity contribution is 1.20. The number of hydrogen-bond donors (Lipinski definition) is 0. The molecule has 1 aromatic heterocycles. The molecule has 0 fully saturated rings. The van der Waals surface area contributed by atoms with Crippen LogP contribution in [0.15, 0.2) is 18.5 Å². The maximum Gasteiger partial charge on any atom is 0.0311 e. The van der Waals surface area contributed by atoms with Crippen LogP contribution in [0.25, 0.3) is 0 Å². The molecule has 0 saturated heterocycles. The van der Waals surface area contributed by atoms with Gasteiger partial charge >= 0.3 is 0 Å². The second-order valence-electron chi connectivity index (χ2n) is 1.91. The number of aromatic nitrogens is 1. The number of pyridine rings is 1. The van der Waals surface area contributed by atoms with E-state index in [4.69, 9.17) is 0 Å². The standard InChI is InChI=1S/C7H7Br2N/c8-3-6-1-2-10-5-7(6)4-9/h1-2,5H,3-4H2. The van der Waals surface area contributed by atoms with Gasteiger partial charge in [-0.15, -0.1) is 0 Å². The zero-order chi connectivity index (χ0) is 7.40. The number of alkyl halides is 2. The van der Waals surface area contributed by atoms with E-state index in [1.807, 2.05) is 18.5 Å². The van der Waals surface area contributed by atoms with Crippen LogP contribution in [0.3, 0.4) is 0 Å². The predicted octanol–water partition coefficient (Wildman–Crippen LogP) is 2.87. The number of halogens is 2. The van der Waals surface area contributed by atoms with E-state index < -0.39 is 0 Å². The molecule has 3 heteroatoms. The molecule has 1 aromatic rings. The Morgan fingerprint density at radius 2 is 1.90 bits per heavy atom. The van der Waals surface area contributed by atoms with E-state index in [1.54, 1.807) is 0 Å². The lowest BCUT2D eigenvalue weighted by atomic mass is 10.2. The molecule has 0 aliphatic heterocycles. The zero-order valence-corrected chi connectivity index (χ0v) is 8.52. The Morgan fingerprint density at radius 3 is 2.40 bits per heavy atom. The molecular weight excluding hydrogens is 258 g/mol. The second-order valence-corrected chi connectivity index (χ2v) is 3.03. The summed E-state index contributed by atoms with van der Waals surface area (Å²) in [6.07, 6.45) is 3.69. The molecule has 0 atom stereocenters. The zero-order valence-electron chi connectivity index (χ0n) is 5.35. The van der Waals surface area contributed by atoms with Crippen molar-refractivity contribution >= 4 is 31.9 Å². The van der Waals surface area contributed by atoms with E-state index in [9.17, 15) is 0 Å². The Bertz CT molecular complexity index is 190.